The Labute approximate surface area is 190 Å². The maximum absolute atomic E-state index is 12.6. The molecule has 0 saturated carbocycles. The van der Waals surface area contributed by atoms with Crippen LogP contribution in [-0.4, -0.2) is 33.5 Å². The Hall–Kier alpha value is -3.52. The van der Waals surface area contributed by atoms with Crippen molar-refractivity contribution in [1.82, 2.24) is 14.8 Å². The maximum Gasteiger partial charge on any atom is 0.234 e. The summed E-state index contributed by atoms with van der Waals surface area (Å²) in [6.45, 7) is 2.94. The second kappa shape index (κ2) is 10.2. The topological polar surface area (TPSA) is 78.3 Å². The lowest BCUT2D eigenvalue weighted by Crippen LogP contribution is -2.15. The summed E-state index contributed by atoms with van der Waals surface area (Å²) in [5.74, 6) is 2.13. The first-order valence-electron chi connectivity index (χ1n) is 10.3. The Morgan fingerprint density at radius 2 is 1.75 bits per heavy atom. The van der Waals surface area contributed by atoms with E-state index in [0.29, 0.717) is 29.0 Å². The fourth-order valence-electron chi connectivity index (χ4n) is 3.38. The van der Waals surface area contributed by atoms with Gasteiger partial charge in [0, 0.05) is 17.6 Å². The second-order valence-corrected chi connectivity index (χ2v) is 7.89. The SMILES string of the molecule is CCn1c(COc2ccccc2OC)nnc1SCC(=O)Nc1cccc2ccccc12. The van der Waals surface area contributed by atoms with E-state index < -0.39 is 0 Å². The van der Waals surface area contributed by atoms with Crippen LogP contribution in [0.1, 0.15) is 12.7 Å². The molecule has 0 aliphatic heterocycles. The molecule has 4 aromatic rings. The van der Waals surface area contributed by atoms with Crippen molar-refractivity contribution >= 4 is 34.1 Å². The first kappa shape index (κ1) is 21.7. The van der Waals surface area contributed by atoms with Gasteiger partial charge in [-0.25, -0.2) is 0 Å². The van der Waals surface area contributed by atoms with Gasteiger partial charge in [-0.3, -0.25) is 4.79 Å². The summed E-state index contributed by atoms with van der Waals surface area (Å²) in [6.07, 6.45) is 0. The van der Waals surface area contributed by atoms with E-state index in [1.807, 2.05) is 78.2 Å². The number of fused-ring (bicyclic) bond motifs is 1. The molecule has 1 heterocycles. The number of rotatable bonds is 9. The van der Waals surface area contributed by atoms with Gasteiger partial charge in [-0.05, 0) is 30.5 Å². The minimum atomic E-state index is -0.0937. The van der Waals surface area contributed by atoms with Crippen LogP contribution in [0.2, 0.25) is 0 Å². The zero-order valence-electron chi connectivity index (χ0n) is 17.9. The van der Waals surface area contributed by atoms with E-state index in [4.69, 9.17) is 9.47 Å². The Balaban J connectivity index is 1.39. The molecular weight excluding hydrogens is 424 g/mol. The fraction of sp³-hybridized carbons (Fsp3) is 0.208. The number of carbonyl (C=O) groups is 1. The Bertz CT molecular complexity index is 1220. The standard InChI is InChI=1S/C24H24N4O3S/c1-3-28-22(15-31-21-14-7-6-13-20(21)30-2)26-27-24(28)32-16-23(29)25-19-12-8-10-17-9-4-5-11-18(17)19/h4-14H,3,15-16H2,1-2H3,(H,25,29). The summed E-state index contributed by atoms with van der Waals surface area (Å²) in [6, 6.07) is 21.3. The summed E-state index contributed by atoms with van der Waals surface area (Å²) >= 11 is 1.35. The van der Waals surface area contributed by atoms with Gasteiger partial charge in [-0.2, -0.15) is 0 Å². The molecule has 7 nitrogen and oxygen atoms in total. The largest absolute Gasteiger partial charge is 0.493 e. The van der Waals surface area contributed by atoms with Gasteiger partial charge in [0.2, 0.25) is 5.91 Å². The van der Waals surface area contributed by atoms with Crippen molar-refractivity contribution in [2.75, 3.05) is 18.2 Å². The number of carbonyl (C=O) groups excluding carboxylic acids is 1. The summed E-state index contributed by atoms with van der Waals surface area (Å²) in [4.78, 5) is 12.6. The number of thioether (sulfide) groups is 1. The van der Waals surface area contributed by atoms with Crippen LogP contribution in [0.3, 0.4) is 0 Å². The van der Waals surface area contributed by atoms with Crippen LogP contribution >= 0.6 is 11.8 Å². The van der Waals surface area contributed by atoms with E-state index >= 15 is 0 Å². The van der Waals surface area contributed by atoms with Crippen LogP contribution in [0, 0.1) is 0 Å². The Morgan fingerprint density at radius 3 is 2.56 bits per heavy atom. The van der Waals surface area contributed by atoms with Crippen molar-refractivity contribution in [2.45, 2.75) is 25.2 Å². The average Bonchev–Trinajstić information content (AvgIpc) is 3.23. The van der Waals surface area contributed by atoms with Crippen molar-refractivity contribution < 1.29 is 14.3 Å². The van der Waals surface area contributed by atoms with Gasteiger partial charge < -0.3 is 19.4 Å². The molecule has 0 aliphatic rings. The van der Waals surface area contributed by atoms with Crippen LogP contribution in [0.4, 0.5) is 5.69 Å². The van der Waals surface area contributed by atoms with Crippen molar-refractivity contribution in [1.29, 1.82) is 0 Å². The third-order valence-corrected chi connectivity index (χ3v) is 5.90. The average molecular weight is 449 g/mol. The van der Waals surface area contributed by atoms with Crippen LogP contribution < -0.4 is 14.8 Å². The highest BCUT2D eigenvalue weighted by Gasteiger charge is 2.15. The van der Waals surface area contributed by atoms with Crippen molar-refractivity contribution in [3.05, 3.63) is 72.6 Å². The number of aromatic nitrogens is 3. The molecule has 0 atom stereocenters. The quantitative estimate of drug-likeness (QED) is 0.372. The normalized spacial score (nSPS) is 10.8. The predicted octanol–water partition coefficient (Wildman–Crippen LogP) is 4.77. The predicted molar refractivity (Wildman–Crippen MR) is 126 cm³/mol. The third kappa shape index (κ3) is 4.86. The monoisotopic (exact) mass is 448 g/mol. The van der Waals surface area contributed by atoms with Crippen LogP contribution in [0.15, 0.2) is 71.9 Å². The first-order valence-corrected chi connectivity index (χ1v) is 11.3. The third-order valence-electron chi connectivity index (χ3n) is 4.93. The number of nitrogens with one attached hydrogen (secondary N) is 1. The van der Waals surface area contributed by atoms with Gasteiger partial charge in [-0.15, -0.1) is 10.2 Å². The van der Waals surface area contributed by atoms with Crippen molar-refractivity contribution in [3.63, 3.8) is 0 Å². The van der Waals surface area contributed by atoms with Crippen molar-refractivity contribution in [3.8, 4) is 11.5 Å². The van der Waals surface area contributed by atoms with E-state index in [9.17, 15) is 4.79 Å². The summed E-state index contributed by atoms with van der Waals surface area (Å²) in [5.41, 5.74) is 0.802. The van der Waals surface area contributed by atoms with Crippen LogP contribution in [-0.2, 0) is 17.9 Å². The van der Waals surface area contributed by atoms with Gasteiger partial charge in [0.25, 0.3) is 0 Å². The molecule has 1 N–H and O–H groups in total. The second-order valence-electron chi connectivity index (χ2n) is 6.95. The number of anilines is 1. The molecule has 0 aliphatic carbocycles. The van der Waals surface area contributed by atoms with Gasteiger partial charge >= 0.3 is 0 Å². The molecule has 8 heteroatoms. The van der Waals surface area contributed by atoms with E-state index in [-0.39, 0.29) is 18.3 Å². The first-order chi connectivity index (χ1) is 15.7. The van der Waals surface area contributed by atoms with Gasteiger partial charge in [0.1, 0.15) is 6.61 Å². The molecule has 0 bridgehead atoms. The van der Waals surface area contributed by atoms with Gasteiger partial charge in [-0.1, -0.05) is 60.3 Å². The fourth-order valence-corrected chi connectivity index (χ4v) is 4.20. The molecule has 0 fully saturated rings. The number of amides is 1. The molecular formula is C24H24N4O3S. The number of nitrogens with zero attached hydrogens (tertiary/aromatic N) is 3. The van der Waals surface area contributed by atoms with Gasteiger partial charge in [0.15, 0.2) is 22.5 Å². The maximum atomic E-state index is 12.6. The number of hydrogen-bond donors (Lipinski definition) is 1. The summed E-state index contributed by atoms with van der Waals surface area (Å²) in [5, 5.41) is 14.3. The molecule has 1 amide bonds. The molecule has 32 heavy (non-hydrogen) atoms. The number of benzene rings is 3. The summed E-state index contributed by atoms with van der Waals surface area (Å²) < 4.78 is 13.1. The molecule has 4 rings (SSSR count). The highest BCUT2D eigenvalue weighted by atomic mass is 32.2. The number of ether oxygens (including phenoxy) is 2. The number of para-hydroxylation sites is 2. The Morgan fingerprint density at radius 1 is 1.00 bits per heavy atom. The highest BCUT2D eigenvalue weighted by Crippen LogP contribution is 2.27. The number of methoxy groups -OCH3 is 1. The zero-order chi connectivity index (χ0) is 22.3. The van der Waals surface area contributed by atoms with Gasteiger partial charge in [0.05, 0.1) is 12.9 Å². The van der Waals surface area contributed by atoms with E-state index in [1.54, 1.807) is 7.11 Å². The molecule has 0 radical (unpaired) electrons. The molecule has 1 aromatic heterocycles. The van der Waals surface area contributed by atoms with E-state index in [0.717, 1.165) is 16.5 Å². The van der Waals surface area contributed by atoms with Crippen molar-refractivity contribution in [2.24, 2.45) is 0 Å². The highest BCUT2D eigenvalue weighted by molar-refractivity contribution is 7.99. The minimum absolute atomic E-state index is 0.0937. The lowest BCUT2D eigenvalue weighted by atomic mass is 10.1. The Kier molecular flexibility index (Phi) is 6.91. The zero-order valence-corrected chi connectivity index (χ0v) is 18.8. The van der Waals surface area contributed by atoms with E-state index in [2.05, 4.69) is 15.5 Å². The van der Waals surface area contributed by atoms with Crippen LogP contribution in [0.25, 0.3) is 10.8 Å². The minimum Gasteiger partial charge on any atom is -0.493 e. The molecule has 0 unspecified atom stereocenters. The lowest BCUT2D eigenvalue weighted by molar-refractivity contribution is -0.113. The molecule has 164 valence electrons. The number of hydrogen-bond acceptors (Lipinski definition) is 6. The molecule has 3 aromatic carbocycles. The summed E-state index contributed by atoms with van der Waals surface area (Å²) in [7, 11) is 1.61. The smallest absolute Gasteiger partial charge is 0.234 e. The molecule has 0 saturated heterocycles. The molecule has 0 spiro atoms. The van der Waals surface area contributed by atoms with E-state index in [1.165, 1.54) is 11.8 Å². The lowest BCUT2D eigenvalue weighted by Gasteiger charge is -2.11. The van der Waals surface area contributed by atoms with Crippen LogP contribution in [0.5, 0.6) is 11.5 Å².